The summed E-state index contributed by atoms with van der Waals surface area (Å²) in [6, 6.07) is 56.8. The van der Waals surface area contributed by atoms with Crippen LogP contribution < -0.4 is 4.74 Å². The summed E-state index contributed by atoms with van der Waals surface area (Å²) in [5, 5.41) is 0. The Kier molecular flexibility index (Phi) is 10.7. The Morgan fingerprint density at radius 1 is 0.478 bits per heavy atom. The van der Waals surface area contributed by atoms with Gasteiger partial charge in [0.2, 0.25) is 0 Å². The number of fused-ring (bicyclic) bond motifs is 2. The summed E-state index contributed by atoms with van der Waals surface area (Å²) in [5.41, 5.74) is 14.1. The van der Waals surface area contributed by atoms with Crippen molar-refractivity contribution in [1.29, 1.82) is 0 Å². The number of aryl methyl sites for hydroxylation is 2. The second-order valence-corrected chi connectivity index (χ2v) is 17.9. The van der Waals surface area contributed by atoms with Crippen LogP contribution in [0, 0.1) is 13.8 Å². The van der Waals surface area contributed by atoms with E-state index in [1.165, 1.54) is 0 Å². The molecular formula is C60H48N6O. The first-order valence-corrected chi connectivity index (χ1v) is 22.9. The lowest BCUT2D eigenvalue weighted by Crippen LogP contribution is -2.25. The molecule has 3 aliphatic rings. The first kappa shape index (κ1) is 41.5. The van der Waals surface area contributed by atoms with E-state index in [4.69, 9.17) is 34.7 Å². The number of hydrogen-bond acceptors (Lipinski definition) is 7. The molecule has 67 heavy (non-hydrogen) atoms. The van der Waals surface area contributed by atoms with Gasteiger partial charge < -0.3 is 4.74 Å². The third-order valence-electron chi connectivity index (χ3n) is 13.2. The van der Waals surface area contributed by atoms with E-state index in [9.17, 15) is 0 Å². The Morgan fingerprint density at radius 3 is 1.67 bits per heavy atom. The molecule has 7 nitrogen and oxygen atoms in total. The van der Waals surface area contributed by atoms with Crippen LogP contribution in [0.5, 0.6) is 11.5 Å². The van der Waals surface area contributed by atoms with E-state index in [2.05, 4.69) is 161 Å². The lowest BCUT2D eigenvalue weighted by Gasteiger charge is -2.36. The molecular weight excluding hydrogens is 821 g/mol. The first-order valence-electron chi connectivity index (χ1n) is 22.9. The van der Waals surface area contributed by atoms with Crippen LogP contribution in [0.4, 0.5) is 0 Å². The number of allylic oxidation sites excluding steroid dienone is 4. The minimum Gasteiger partial charge on any atom is -0.455 e. The standard InChI is InChI=1S/C60H48N6O/c1-38-17-11-13-23-46(38)58-62-52(37-61-55(63-58)43-19-7-5-8-20-43)42-33-29-40(30-34-42)48-25-15-27-50-53(48)67-54-49(26-16-28-51(54)60(50,3)4)41-31-35-45(36-32-41)57-64-56(44-21-9-6-10-22-44)65-59(66-57)47-24-14-12-18-39(47)2/h5-21,23-36,44H,22,37H2,1-4H3. The van der Waals surface area contributed by atoms with Crippen molar-refractivity contribution in [2.45, 2.75) is 45.4 Å². The van der Waals surface area contributed by atoms with E-state index < -0.39 is 0 Å². The van der Waals surface area contributed by atoms with Crippen molar-refractivity contribution in [2.75, 3.05) is 6.54 Å². The molecule has 1 atom stereocenters. The topological polar surface area (TPSA) is 85.0 Å². The molecule has 0 saturated heterocycles. The molecule has 0 N–H and O–H groups in total. The summed E-state index contributed by atoms with van der Waals surface area (Å²) in [6.45, 7) is 9.17. The van der Waals surface area contributed by atoms with E-state index >= 15 is 0 Å². The van der Waals surface area contributed by atoms with Crippen molar-refractivity contribution < 1.29 is 4.74 Å². The van der Waals surface area contributed by atoms with Crippen molar-refractivity contribution in [3.8, 4) is 56.5 Å². The van der Waals surface area contributed by atoms with Crippen LogP contribution in [0.3, 0.4) is 0 Å². The van der Waals surface area contributed by atoms with Gasteiger partial charge in [-0.25, -0.2) is 24.9 Å². The summed E-state index contributed by atoms with van der Waals surface area (Å²) < 4.78 is 7.15. The SMILES string of the molecule is Cc1ccccc1C1=NC(c2ccccc2)=NCC(c2ccc(-c3cccc4c3Oc3c(-c5ccc(-c6nc(-c7ccccc7C)nc(C7C=CC=CC7)n6)cc5)cccc3C4(C)C)cc2)=N1. The number of aromatic nitrogens is 3. The molecule has 7 heteroatoms. The highest BCUT2D eigenvalue weighted by molar-refractivity contribution is 6.20. The molecule has 3 heterocycles. The maximum absolute atomic E-state index is 7.15. The molecule has 0 saturated carbocycles. The summed E-state index contributed by atoms with van der Waals surface area (Å²) in [5.74, 6) is 5.27. The average Bonchev–Trinajstić information content (AvgIpc) is 3.61. The highest BCUT2D eigenvalue weighted by Crippen LogP contribution is 2.54. The van der Waals surface area contributed by atoms with Crippen LogP contribution in [0.1, 0.15) is 71.0 Å². The minimum atomic E-state index is -0.334. The van der Waals surface area contributed by atoms with Gasteiger partial charge in [0, 0.05) is 55.8 Å². The first-order chi connectivity index (χ1) is 32.8. The molecule has 0 spiro atoms. The zero-order valence-corrected chi connectivity index (χ0v) is 38.0. The Balaban J connectivity index is 0.920. The van der Waals surface area contributed by atoms with E-state index in [1.807, 2.05) is 54.6 Å². The number of amidine groups is 2. The van der Waals surface area contributed by atoms with Gasteiger partial charge >= 0.3 is 0 Å². The second-order valence-electron chi connectivity index (χ2n) is 17.9. The molecule has 2 aliphatic heterocycles. The molecule has 1 unspecified atom stereocenters. The van der Waals surface area contributed by atoms with E-state index in [1.54, 1.807) is 0 Å². The van der Waals surface area contributed by atoms with Crippen LogP contribution in [-0.2, 0) is 5.41 Å². The van der Waals surface area contributed by atoms with Gasteiger partial charge in [0.15, 0.2) is 23.3 Å². The molecule has 0 amide bonds. The third kappa shape index (κ3) is 7.93. The van der Waals surface area contributed by atoms with E-state index in [0.717, 1.165) is 102 Å². The van der Waals surface area contributed by atoms with Gasteiger partial charge in [-0.3, -0.25) is 4.99 Å². The van der Waals surface area contributed by atoms with Crippen molar-refractivity contribution in [3.63, 3.8) is 0 Å². The van der Waals surface area contributed by atoms with Crippen molar-refractivity contribution in [3.05, 3.63) is 233 Å². The van der Waals surface area contributed by atoms with Crippen molar-refractivity contribution in [1.82, 2.24) is 15.0 Å². The van der Waals surface area contributed by atoms with Crippen molar-refractivity contribution >= 4 is 17.4 Å². The maximum atomic E-state index is 7.15. The predicted octanol–water partition coefficient (Wildman–Crippen LogP) is 13.9. The monoisotopic (exact) mass is 868 g/mol. The summed E-state index contributed by atoms with van der Waals surface area (Å²) in [4.78, 5) is 30.3. The number of rotatable bonds is 8. The molecule has 0 bridgehead atoms. The van der Waals surface area contributed by atoms with Gasteiger partial charge in [0.25, 0.3) is 0 Å². The van der Waals surface area contributed by atoms with Crippen molar-refractivity contribution in [2.24, 2.45) is 15.0 Å². The number of benzene rings is 7. The quantitative estimate of drug-likeness (QED) is 0.152. The minimum absolute atomic E-state index is 0.0858. The fourth-order valence-corrected chi connectivity index (χ4v) is 9.34. The van der Waals surface area contributed by atoms with E-state index in [-0.39, 0.29) is 11.3 Å². The summed E-state index contributed by atoms with van der Waals surface area (Å²) in [7, 11) is 0. The Hall–Kier alpha value is -8.16. The van der Waals surface area contributed by atoms with Gasteiger partial charge in [-0.1, -0.05) is 202 Å². The van der Waals surface area contributed by atoms with Gasteiger partial charge in [-0.15, -0.1) is 0 Å². The van der Waals surface area contributed by atoms with Gasteiger partial charge in [-0.2, -0.15) is 0 Å². The highest BCUT2D eigenvalue weighted by atomic mass is 16.5. The summed E-state index contributed by atoms with van der Waals surface area (Å²) in [6.07, 6.45) is 9.34. The predicted molar refractivity (Wildman–Crippen MR) is 273 cm³/mol. The molecule has 0 fully saturated rings. The van der Waals surface area contributed by atoms with Crippen LogP contribution >= 0.6 is 0 Å². The smallest absolute Gasteiger partial charge is 0.164 e. The van der Waals surface area contributed by atoms with Gasteiger partial charge in [-0.05, 0) is 48.1 Å². The lowest BCUT2D eigenvalue weighted by molar-refractivity contribution is 0.421. The highest BCUT2D eigenvalue weighted by Gasteiger charge is 2.37. The number of para-hydroxylation sites is 2. The number of ether oxygens (including phenoxy) is 1. The molecule has 11 rings (SSSR count). The fourth-order valence-electron chi connectivity index (χ4n) is 9.34. The molecule has 324 valence electrons. The average molecular weight is 869 g/mol. The van der Waals surface area contributed by atoms with Gasteiger partial charge in [0.1, 0.15) is 17.3 Å². The Morgan fingerprint density at radius 2 is 1.04 bits per heavy atom. The molecule has 1 aliphatic carbocycles. The molecule has 8 aromatic rings. The maximum Gasteiger partial charge on any atom is 0.164 e. The zero-order valence-electron chi connectivity index (χ0n) is 38.0. The normalized spacial score (nSPS) is 15.9. The molecule has 0 radical (unpaired) electrons. The number of nitrogens with zero attached hydrogens (tertiary/aromatic N) is 6. The Bertz CT molecular complexity index is 3360. The van der Waals surface area contributed by atoms with E-state index in [0.29, 0.717) is 29.9 Å². The zero-order chi connectivity index (χ0) is 45.5. The summed E-state index contributed by atoms with van der Waals surface area (Å²) >= 11 is 0. The lowest BCUT2D eigenvalue weighted by atomic mass is 9.74. The largest absolute Gasteiger partial charge is 0.455 e. The fraction of sp³-hybridized carbons (Fsp3) is 0.133. The Labute approximate surface area is 391 Å². The van der Waals surface area contributed by atoms with Crippen LogP contribution in [0.2, 0.25) is 0 Å². The number of hydrogen-bond donors (Lipinski definition) is 0. The molecule has 7 aromatic carbocycles. The van der Waals surface area contributed by atoms with Crippen LogP contribution in [0.15, 0.2) is 203 Å². The molecule has 1 aromatic heterocycles. The second kappa shape index (κ2) is 17.3. The van der Waals surface area contributed by atoms with Crippen LogP contribution in [-0.4, -0.2) is 38.9 Å². The number of aliphatic imine (C=N–C) groups is 3. The third-order valence-corrected chi connectivity index (χ3v) is 13.2. The van der Waals surface area contributed by atoms with Crippen LogP contribution in [0.25, 0.3) is 45.0 Å². The van der Waals surface area contributed by atoms with Gasteiger partial charge in [0.05, 0.1) is 12.3 Å².